The largest absolute Gasteiger partial charge is 0.441 e. The van der Waals surface area contributed by atoms with Crippen molar-refractivity contribution in [3.05, 3.63) is 65.7 Å². The number of benzene rings is 3. The summed E-state index contributed by atoms with van der Waals surface area (Å²) in [6.45, 7) is 1.76. The van der Waals surface area contributed by atoms with Gasteiger partial charge in [0.15, 0.2) is 0 Å². The van der Waals surface area contributed by atoms with Crippen LogP contribution in [0.2, 0.25) is 0 Å². The van der Waals surface area contributed by atoms with E-state index in [4.69, 9.17) is 19.9 Å². The zero-order valence-corrected chi connectivity index (χ0v) is 21.2. The molecule has 2 N–H and O–H groups in total. The maximum absolute atomic E-state index is 11.5. The van der Waals surface area contributed by atoms with E-state index in [-0.39, 0.29) is 5.41 Å². The molecule has 3 aromatic carbocycles. The standard InChI is InChI=1S/C31H35NO4/c1-3-35-30(34-2)36-28-15-25-9-8-24(22-4-6-23(7-5-22)29(32)33)13-26(25)14-27(28)31-16-19-10-20(17-31)12-21(11-19)18-31/h4-9,13-15,19-21,30H,3,10-12,16-18H2,1-2H3,(H2,32,33). The number of ether oxygens (including phenoxy) is 3. The summed E-state index contributed by atoms with van der Waals surface area (Å²) >= 11 is 0. The molecule has 5 nitrogen and oxygen atoms in total. The number of nitrogens with two attached hydrogens (primary N) is 1. The highest BCUT2D eigenvalue weighted by molar-refractivity contribution is 5.94. The molecule has 3 aromatic rings. The highest BCUT2D eigenvalue weighted by atomic mass is 16.8. The van der Waals surface area contributed by atoms with Crippen molar-refractivity contribution in [3.8, 4) is 16.9 Å². The van der Waals surface area contributed by atoms with E-state index >= 15 is 0 Å². The maximum Gasteiger partial charge on any atom is 0.315 e. The molecule has 4 fully saturated rings. The van der Waals surface area contributed by atoms with Gasteiger partial charge in [-0.05, 0) is 121 Å². The molecule has 36 heavy (non-hydrogen) atoms. The van der Waals surface area contributed by atoms with Crippen LogP contribution in [-0.2, 0) is 14.9 Å². The first-order valence-corrected chi connectivity index (χ1v) is 13.3. The van der Waals surface area contributed by atoms with E-state index in [1.165, 1.54) is 49.5 Å². The maximum atomic E-state index is 11.5. The lowest BCUT2D eigenvalue weighted by molar-refractivity contribution is -0.231. The first kappa shape index (κ1) is 23.5. The minimum absolute atomic E-state index is 0.169. The summed E-state index contributed by atoms with van der Waals surface area (Å²) in [7, 11) is 1.63. The number of primary amides is 1. The van der Waals surface area contributed by atoms with Gasteiger partial charge >= 0.3 is 6.48 Å². The van der Waals surface area contributed by atoms with Crippen LogP contribution in [0, 0.1) is 17.8 Å². The van der Waals surface area contributed by atoms with Crippen LogP contribution in [-0.4, -0.2) is 26.1 Å². The zero-order valence-electron chi connectivity index (χ0n) is 21.2. The average molecular weight is 486 g/mol. The summed E-state index contributed by atoms with van der Waals surface area (Å²) < 4.78 is 17.6. The van der Waals surface area contributed by atoms with Crippen LogP contribution in [0.5, 0.6) is 5.75 Å². The summed E-state index contributed by atoms with van der Waals surface area (Å²) in [5.41, 5.74) is 9.61. The van der Waals surface area contributed by atoms with E-state index in [2.05, 4.69) is 30.3 Å². The predicted molar refractivity (Wildman–Crippen MR) is 141 cm³/mol. The van der Waals surface area contributed by atoms with Gasteiger partial charge < -0.3 is 19.9 Å². The number of carbonyl (C=O) groups excluding carboxylic acids is 1. The molecule has 1 amide bonds. The van der Waals surface area contributed by atoms with Gasteiger partial charge in [-0.25, -0.2) is 0 Å². The fraction of sp³-hybridized carbons (Fsp3) is 0.452. The summed E-state index contributed by atoms with van der Waals surface area (Å²) in [6, 6.07) is 18.6. The van der Waals surface area contributed by atoms with Crippen molar-refractivity contribution in [2.75, 3.05) is 13.7 Å². The first-order valence-electron chi connectivity index (χ1n) is 13.3. The molecular weight excluding hydrogens is 450 g/mol. The Balaban J connectivity index is 1.44. The van der Waals surface area contributed by atoms with Crippen molar-refractivity contribution < 1.29 is 19.0 Å². The molecule has 0 saturated heterocycles. The van der Waals surface area contributed by atoms with Gasteiger partial charge in [-0.1, -0.05) is 24.3 Å². The van der Waals surface area contributed by atoms with E-state index in [0.29, 0.717) is 12.2 Å². The Labute approximate surface area is 212 Å². The van der Waals surface area contributed by atoms with Gasteiger partial charge in [-0.15, -0.1) is 0 Å². The van der Waals surface area contributed by atoms with Gasteiger partial charge in [-0.2, -0.15) is 0 Å². The summed E-state index contributed by atoms with van der Waals surface area (Å²) in [5, 5.41) is 2.33. The second-order valence-corrected chi connectivity index (χ2v) is 11.1. The molecule has 188 valence electrons. The highest BCUT2D eigenvalue weighted by Crippen LogP contribution is 2.62. The molecular formula is C31H35NO4. The zero-order chi connectivity index (χ0) is 24.9. The molecule has 1 atom stereocenters. The van der Waals surface area contributed by atoms with Gasteiger partial charge in [0.05, 0.1) is 6.61 Å². The van der Waals surface area contributed by atoms with E-state index in [0.717, 1.165) is 40.0 Å². The molecule has 5 heteroatoms. The third-order valence-corrected chi connectivity index (χ3v) is 8.77. The van der Waals surface area contributed by atoms with Gasteiger partial charge in [0, 0.05) is 18.2 Å². The first-order chi connectivity index (χ1) is 17.5. The van der Waals surface area contributed by atoms with Crippen LogP contribution in [0.25, 0.3) is 21.9 Å². The van der Waals surface area contributed by atoms with Crippen LogP contribution < -0.4 is 10.5 Å². The van der Waals surface area contributed by atoms with Crippen LogP contribution in [0.3, 0.4) is 0 Å². The summed E-state index contributed by atoms with van der Waals surface area (Å²) in [4.78, 5) is 11.5. The number of hydrogen-bond donors (Lipinski definition) is 1. The summed E-state index contributed by atoms with van der Waals surface area (Å²) in [6.07, 6.45) is 7.95. The molecule has 1 unspecified atom stereocenters. The number of hydrogen-bond acceptors (Lipinski definition) is 4. The number of methoxy groups -OCH3 is 1. The van der Waals surface area contributed by atoms with Gasteiger partial charge in [0.2, 0.25) is 5.91 Å². The number of fused-ring (bicyclic) bond motifs is 1. The van der Waals surface area contributed by atoms with E-state index < -0.39 is 12.4 Å². The fourth-order valence-electron chi connectivity index (χ4n) is 7.63. The molecule has 0 aliphatic heterocycles. The van der Waals surface area contributed by atoms with E-state index in [9.17, 15) is 4.79 Å². The van der Waals surface area contributed by atoms with Crippen molar-refractivity contribution in [2.45, 2.75) is 57.3 Å². The third kappa shape index (κ3) is 4.18. The Bertz CT molecular complexity index is 1250. The molecule has 4 saturated carbocycles. The minimum atomic E-state index is -0.719. The predicted octanol–water partition coefficient (Wildman–Crippen LogP) is 6.42. The monoisotopic (exact) mass is 485 g/mol. The van der Waals surface area contributed by atoms with Crippen LogP contribution in [0.15, 0.2) is 54.6 Å². The normalized spacial score (nSPS) is 27.3. The van der Waals surface area contributed by atoms with Crippen molar-refractivity contribution in [3.63, 3.8) is 0 Å². The van der Waals surface area contributed by atoms with Crippen molar-refractivity contribution in [1.29, 1.82) is 0 Å². The molecule has 4 aliphatic rings. The van der Waals surface area contributed by atoms with Crippen LogP contribution >= 0.6 is 0 Å². The van der Waals surface area contributed by atoms with E-state index in [1.54, 1.807) is 19.2 Å². The number of amides is 1. The molecule has 7 rings (SSSR count). The van der Waals surface area contributed by atoms with Gasteiger partial charge in [0.1, 0.15) is 5.75 Å². The molecule has 0 heterocycles. The quantitative estimate of drug-likeness (QED) is 0.374. The Morgan fingerprint density at radius 1 is 0.917 bits per heavy atom. The van der Waals surface area contributed by atoms with Gasteiger partial charge in [0.25, 0.3) is 0 Å². The smallest absolute Gasteiger partial charge is 0.315 e. The minimum Gasteiger partial charge on any atom is -0.441 e. The molecule has 0 aromatic heterocycles. The molecule has 0 radical (unpaired) electrons. The van der Waals surface area contributed by atoms with Crippen LogP contribution in [0.1, 0.15) is 61.4 Å². The lowest BCUT2D eigenvalue weighted by atomic mass is 9.48. The third-order valence-electron chi connectivity index (χ3n) is 8.77. The van der Waals surface area contributed by atoms with Crippen molar-refractivity contribution in [2.24, 2.45) is 23.5 Å². The SMILES string of the molecule is CCOC(OC)Oc1cc2ccc(-c3ccc(C(N)=O)cc3)cc2cc1C12CC3CC(CC(C3)C1)C2. The molecule has 4 bridgehead atoms. The average Bonchev–Trinajstić information content (AvgIpc) is 2.87. The fourth-order valence-corrected chi connectivity index (χ4v) is 7.63. The van der Waals surface area contributed by atoms with Crippen LogP contribution in [0.4, 0.5) is 0 Å². The second kappa shape index (κ2) is 9.20. The summed E-state index contributed by atoms with van der Waals surface area (Å²) in [5.74, 6) is 2.98. The number of rotatable bonds is 8. The lowest BCUT2D eigenvalue weighted by Gasteiger charge is -2.57. The van der Waals surface area contributed by atoms with Crippen molar-refractivity contribution >= 4 is 16.7 Å². The lowest BCUT2D eigenvalue weighted by Crippen LogP contribution is -2.48. The molecule has 0 spiro atoms. The van der Waals surface area contributed by atoms with Gasteiger partial charge in [-0.3, -0.25) is 4.79 Å². The Hall–Kier alpha value is -2.89. The van der Waals surface area contributed by atoms with E-state index in [1.807, 2.05) is 19.1 Å². The Morgan fingerprint density at radius 3 is 2.14 bits per heavy atom. The topological polar surface area (TPSA) is 70.8 Å². The molecule has 4 aliphatic carbocycles. The highest BCUT2D eigenvalue weighted by Gasteiger charge is 2.52. The Morgan fingerprint density at radius 2 is 1.56 bits per heavy atom. The Kier molecular flexibility index (Phi) is 6.01. The van der Waals surface area contributed by atoms with Crippen molar-refractivity contribution in [1.82, 2.24) is 0 Å². The second-order valence-electron chi connectivity index (χ2n) is 11.1. The number of carbonyl (C=O) groups is 1.